The largest absolute Gasteiger partial charge is 0.462 e. The van der Waals surface area contributed by atoms with E-state index < -0.39 is 11.8 Å². The van der Waals surface area contributed by atoms with Crippen molar-refractivity contribution in [2.24, 2.45) is 4.99 Å². The number of hydrogen-bond acceptors (Lipinski definition) is 5. The summed E-state index contributed by atoms with van der Waals surface area (Å²) in [5.41, 5.74) is 1.34. The summed E-state index contributed by atoms with van der Waals surface area (Å²) < 4.78 is 18.6. The highest BCUT2D eigenvalue weighted by molar-refractivity contribution is 8.18. The summed E-state index contributed by atoms with van der Waals surface area (Å²) in [5, 5.41) is 3.03. The van der Waals surface area contributed by atoms with E-state index in [1.54, 1.807) is 49.4 Å². The van der Waals surface area contributed by atoms with Crippen molar-refractivity contribution in [2.75, 3.05) is 6.61 Å². The van der Waals surface area contributed by atoms with Gasteiger partial charge in [0.05, 0.1) is 22.8 Å². The third-order valence-electron chi connectivity index (χ3n) is 3.45. The van der Waals surface area contributed by atoms with E-state index in [1.807, 2.05) is 0 Å². The molecule has 0 radical (unpaired) electrons. The van der Waals surface area contributed by atoms with E-state index in [0.29, 0.717) is 33.5 Å². The molecule has 3 rings (SSSR count). The minimum atomic E-state index is -0.398. The zero-order valence-corrected chi connectivity index (χ0v) is 14.7. The van der Waals surface area contributed by atoms with E-state index in [1.165, 1.54) is 12.1 Å². The van der Waals surface area contributed by atoms with Crippen molar-refractivity contribution >= 4 is 40.6 Å². The first kappa shape index (κ1) is 17.9. The molecule has 0 atom stereocenters. The number of carbonyl (C=O) groups excluding carboxylic acids is 2. The lowest BCUT2D eigenvalue weighted by atomic mass is 10.2. The number of esters is 1. The van der Waals surface area contributed by atoms with Gasteiger partial charge in [-0.25, -0.2) is 14.2 Å². The fraction of sp³-hybridized carbons (Fsp3) is 0.105. The van der Waals surface area contributed by atoms with Crippen molar-refractivity contribution in [2.45, 2.75) is 6.92 Å². The van der Waals surface area contributed by atoms with Gasteiger partial charge < -0.3 is 10.1 Å². The van der Waals surface area contributed by atoms with Gasteiger partial charge >= 0.3 is 5.97 Å². The van der Waals surface area contributed by atoms with Gasteiger partial charge in [-0.3, -0.25) is 4.79 Å². The van der Waals surface area contributed by atoms with Crippen molar-refractivity contribution in [3.63, 3.8) is 0 Å². The zero-order valence-electron chi connectivity index (χ0n) is 13.9. The van der Waals surface area contributed by atoms with Crippen LogP contribution in [0.2, 0.25) is 0 Å². The molecular formula is C19H15FN2O3S. The molecule has 1 fully saturated rings. The molecule has 1 aliphatic rings. The Labute approximate surface area is 154 Å². The van der Waals surface area contributed by atoms with Crippen LogP contribution in [0, 0.1) is 5.82 Å². The number of thioether (sulfide) groups is 1. The minimum Gasteiger partial charge on any atom is -0.462 e. The average Bonchev–Trinajstić information content (AvgIpc) is 2.97. The molecule has 132 valence electrons. The molecule has 2 aromatic carbocycles. The Bertz CT molecular complexity index is 907. The Morgan fingerprint density at radius 2 is 1.96 bits per heavy atom. The highest BCUT2D eigenvalue weighted by Gasteiger charge is 2.24. The van der Waals surface area contributed by atoms with Crippen molar-refractivity contribution < 1.29 is 18.7 Å². The molecule has 2 aromatic rings. The summed E-state index contributed by atoms with van der Waals surface area (Å²) in [6.07, 6.45) is 1.49. The number of nitrogens with one attached hydrogen (secondary N) is 1. The summed E-state index contributed by atoms with van der Waals surface area (Å²) in [5.74, 6) is -1.13. The third kappa shape index (κ3) is 4.18. The lowest BCUT2D eigenvalue weighted by Crippen LogP contribution is -2.19. The molecule has 7 heteroatoms. The number of halogens is 1. The summed E-state index contributed by atoms with van der Waals surface area (Å²) in [7, 11) is 0. The highest BCUT2D eigenvalue weighted by atomic mass is 32.2. The van der Waals surface area contributed by atoms with Gasteiger partial charge in [-0.1, -0.05) is 18.2 Å². The van der Waals surface area contributed by atoms with Gasteiger partial charge in [0.15, 0.2) is 5.17 Å². The number of hydrogen-bond donors (Lipinski definition) is 1. The van der Waals surface area contributed by atoms with Crippen molar-refractivity contribution in [1.29, 1.82) is 0 Å². The number of nitrogens with zero attached hydrogens (tertiary/aromatic N) is 1. The maximum atomic E-state index is 13.7. The zero-order chi connectivity index (χ0) is 18.5. The molecule has 1 heterocycles. The lowest BCUT2D eigenvalue weighted by Gasteiger charge is -2.02. The molecule has 0 unspecified atom stereocenters. The number of ether oxygens (including phenoxy) is 1. The summed E-state index contributed by atoms with van der Waals surface area (Å²) >= 11 is 1.13. The van der Waals surface area contributed by atoms with Gasteiger partial charge in [0, 0.05) is 5.56 Å². The van der Waals surface area contributed by atoms with E-state index in [-0.39, 0.29) is 5.91 Å². The topological polar surface area (TPSA) is 67.8 Å². The predicted molar refractivity (Wildman–Crippen MR) is 99.6 cm³/mol. The predicted octanol–water partition coefficient (Wildman–Crippen LogP) is 3.89. The molecule has 1 amide bonds. The molecule has 0 bridgehead atoms. The van der Waals surface area contributed by atoms with Crippen LogP contribution in [0.3, 0.4) is 0 Å². The molecule has 5 nitrogen and oxygen atoms in total. The smallest absolute Gasteiger partial charge is 0.338 e. The van der Waals surface area contributed by atoms with Gasteiger partial charge in [-0.15, -0.1) is 0 Å². The molecule has 1 aliphatic heterocycles. The first-order valence-corrected chi connectivity index (χ1v) is 8.70. The van der Waals surface area contributed by atoms with E-state index in [4.69, 9.17) is 4.74 Å². The number of carbonyl (C=O) groups is 2. The summed E-state index contributed by atoms with van der Waals surface area (Å²) in [6.45, 7) is 2.05. The van der Waals surface area contributed by atoms with Crippen molar-refractivity contribution in [1.82, 2.24) is 5.32 Å². The number of amides is 1. The van der Waals surface area contributed by atoms with Gasteiger partial charge in [0.1, 0.15) is 5.82 Å². The normalized spacial score (nSPS) is 16.8. The molecule has 26 heavy (non-hydrogen) atoms. The SMILES string of the molecule is CCOC(=O)c1ccc(N=C2NC(=O)/C(=C/c3ccccc3F)S2)cc1. The van der Waals surface area contributed by atoms with Crippen molar-refractivity contribution in [3.05, 3.63) is 70.4 Å². The third-order valence-corrected chi connectivity index (χ3v) is 4.36. The molecule has 0 aromatic heterocycles. The number of rotatable bonds is 4. The second-order valence-corrected chi connectivity index (χ2v) is 6.30. The average molecular weight is 370 g/mol. The van der Waals surface area contributed by atoms with E-state index in [9.17, 15) is 14.0 Å². The molecule has 0 aliphatic carbocycles. The second kappa shape index (κ2) is 7.97. The van der Waals surface area contributed by atoms with E-state index in [2.05, 4.69) is 10.3 Å². The molecule has 1 N–H and O–H groups in total. The Kier molecular flexibility index (Phi) is 5.48. The molecule has 0 spiro atoms. The quantitative estimate of drug-likeness (QED) is 0.655. The molecule has 0 saturated carbocycles. The monoisotopic (exact) mass is 370 g/mol. The Morgan fingerprint density at radius 3 is 2.65 bits per heavy atom. The van der Waals surface area contributed by atoms with E-state index >= 15 is 0 Å². The standard InChI is InChI=1S/C19H15FN2O3S/c1-2-25-18(24)12-7-9-14(10-8-12)21-19-22-17(23)16(26-19)11-13-5-3-4-6-15(13)20/h3-11H,2H2,1H3,(H,21,22,23)/b16-11-. The van der Waals surface area contributed by atoms with Crippen LogP contribution in [-0.2, 0) is 9.53 Å². The maximum absolute atomic E-state index is 13.7. The minimum absolute atomic E-state index is 0.308. The molecule has 1 saturated heterocycles. The Hall–Kier alpha value is -2.93. The Balaban J connectivity index is 1.76. The van der Waals surface area contributed by atoms with Crippen LogP contribution < -0.4 is 5.32 Å². The first-order chi connectivity index (χ1) is 12.6. The number of aliphatic imine (C=N–C) groups is 1. The van der Waals surface area contributed by atoms with Crippen molar-refractivity contribution in [3.8, 4) is 0 Å². The maximum Gasteiger partial charge on any atom is 0.338 e. The van der Waals surface area contributed by atoms with Gasteiger partial charge in [-0.05, 0) is 55.1 Å². The Morgan fingerprint density at radius 1 is 1.23 bits per heavy atom. The first-order valence-electron chi connectivity index (χ1n) is 7.88. The van der Waals surface area contributed by atoms with E-state index in [0.717, 1.165) is 11.8 Å². The van der Waals surface area contributed by atoms with Crippen LogP contribution in [0.5, 0.6) is 0 Å². The fourth-order valence-electron chi connectivity index (χ4n) is 2.22. The second-order valence-electron chi connectivity index (χ2n) is 5.27. The van der Waals surface area contributed by atoms with Crippen LogP contribution in [0.15, 0.2) is 58.4 Å². The van der Waals surface area contributed by atoms with Gasteiger partial charge in [0.2, 0.25) is 0 Å². The highest BCUT2D eigenvalue weighted by Crippen LogP contribution is 2.28. The fourth-order valence-corrected chi connectivity index (χ4v) is 3.05. The van der Waals surface area contributed by atoms with Crippen LogP contribution in [0.25, 0.3) is 6.08 Å². The van der Waals surface area contributed by atoms with Crippen LogP contribution >= 0.6 is 11.8 Å². The van der Waals surface area contributed by atoms with Crippen LogP contribution in [0.1, 0.15) is 22.8 Å². The lowest BCUT2D eigenvalue weighted by molar-refractivity contribution is -0.115. The van der Waals surface area contributed by atoms with Crippen LogP contribution in [-0.4, -0.2) is 23.7 Å². The van der Waals surface area contributed by atoms with Gasteiger partial charge in [-0.2, -0.15) is 0 Å². The number of amidine groups is 1. The number of benzene rings is 2. The van der Waals surface area contributed by atoms with Crippen LogP contribution in [0.4, 0.5) is 10.1 Å². The molecular weight excluding hydrogens is 355 g/mol. The summed E-state index contributed by atoms with van der Waals surface area (Å²) in [4.78, 5) is 28.4. The summed E-state index contributed by atoms with van der Waals surface area (Å²) in [6, 6.07) is 12.8. The van der Waals surface area contributed by atoms with Gasteiger partial charge in [0.25, 0.3) is 5.91 Å².